The number of methoxy groups -OCH3 is 1. The third-order valence-corrected chi connectivity index (χ3v) is 2.62. The molecule has 1 unspecified atom stereocenters. The average Bonchev–Trinajstić information content (AvgIpc) is 2.50. The van der Waals surface area contributed by atoms with Crippen LogP contribution in [-0.2, 0) is 4.74 Å². The van der Waals surface area contributed by atoms with Crippen molar-refractivity contribution in [1.29, 1.82) is 0 Å². The van der Waals surface area contributed by atoms with Gasteiger partial charge in [-0.3, -0.25) is 0 Å². The van der Waals surface area contributed by atoms with Crippen molar-refractivity contribution in [2.75, 3.05) is 20.2 Å². The standard InChI is InChI=1S/C9H19NO/c1-3-4-5-9(11-2)6-7-10-8-9/h10H,3-8H2,1-2H3. The van der Waals surface area contributed by atoms with E-state index in [4.69, 9.17) is 4.74 Å². The Morgan fingerprint density at radius 3 is 2.82 bits per heavy atom. The fourth-order valence-corrected chi connectivity index (χ4v) is 1.71. The third kappa shape index (κ3) is 2.17. The molecule has 0 bridgehead atoms. The van der Waals surface area contributed by atoms with E-state index in [1.54, 1.807) is 0 Å². The summed E-state index contributed by atoms with van der Waals surface area (Å²) in [6.45, 7) is 4.40. The molecule has 0 amide bonds. The van der Waals surface area contributed by atoms with Crippen LogP contribution in [0.2, 0.25) is 0 Å². The Morgan fingerprint density at radius 1 is 1.55 bits per heavy atom. The molecule has 66 valence electrons. The monoisotopic (exact) mass is 157 g/mol. The van der Waals surface area contributed by atoms with Crippen LogP contribution in [0.4, 0.5) is 0 Å². The van der Waals surface area contributed by atoms with Crippen molar-refractivity contribution in [1.82, 2.24) is 5.32 Å². The molecule has 1 aliphatic rings. The second-order valence-corrected chi connectivity index (χ2v) is 3.42. The minimum atomic E-state index is 0.177. The van der Waals surface area contributed by atoms with Gasteiger partial charge in [0, 0.05) is 13.7 Å². The smallest absolute Gasteiger partial charge is 0.0814 e. The predicted octanol–water partition coefficient (Wildman–Crippen LogP) is 1.56. The van der Waals surface area contributed by atoms with Crippen LogP contribution in [0.25, 0.3) is 0 Å². The molecule has 0 aliphatic carbocycles. The summed E-state index contributed by atoms with van der Waals surface area (Å²) in [5.41, 5.74) is 0.177. The number of hydrogen-bond acceptors (Lipinski definition) is 2. The van der Waals surface area contributed by atoms with Crippen LogP contribution < -0.4 is 5.32 Å². The summed E-state index contributed by atoms with van der Waals surface area (Å²) in [5, 5.41) is 3.35. The highest BCUT2D eigenvalue weighted by Crippen LogP contribution is 2.24. The van der Waals surface area contributed by atoms with Crippen molar-refractivity contribution in [3.8, 4) is 0 Å². The van der Waals surface area contributed by atoms with Crippen molar-refractivity contribution < 1.29 is 4.74 Å². The first-order valence-electron chi connectivity index (χ1n) is 4.59. The molecular formula is C9H19NO. The molecule has 11 heavy (non-hydrogen) atoms. The van der Waals surface area contributed by atoms with Gasteiger partial charge in [0.25, 0.3) is 0 Å². The van der Waals surface area contributed by atoms with Gasteiger partial charge in [0.05, 0.1) is 5.60 Å². The first-order chi connectivity index (χ1) is 5.33. The maximum Gasteiger partial charge on any atom is 0.0814 e. The molecule has 1 N–H and O–H groups in total. The van der Waals surface area contributed by atoms with Gasteiger partial charge in [0.1, 0.15) is 0 Å². The highest BCUT2D eigenvalue weighted by Gasteiger charge is 2.32. The molecule has 1 saturated heterocycles. The van der Waals surface area contributed by atoms with E-state index in [2.05, 4.69) is 12.2 Å². The minimum Gasteiger partial charge on any atom is -0.377 e. The van der Waals surface area contributed by atoms with Gasteiger partial charge >= 0.3 is 0 Å². The molecule has 1 aliphatic heterocycles. The summed E-state index contributed by atoms with van der Waals surface area (Å²) in [5.74, 6) is 0. The fourth-order valence-electron chi connectivity index (χ4n) is 1.71. The van der Waals surface area contributed by atoms with Gasteiger partial charge in [-0.2, -0.15) is 0 Å². The molecule has 0 aromatic rings. The molecule has 0 aromatic carbocycles. The van der Waals surface area contributed by atoms with Crippen LogP contribution in [0.5, 0.6) is 0 Å². The van der Waals surface area contributed by atoms with E-state index in [0.29, 0.717) is 0 Å². The summed E-state index contributed by atoms with van der Waals surface area (Å²) in [6.07, 6.45) is 4.96. The second kappa shape index (κ2) is 4.07. The Hall–Kier alpha value is -0.0800. The molecule has 1 rings (SSSR count). The van der Waals surface area contributed by atoms with Crippen LogP contribution in [0.15, 0.2) is 0 Å². The number of rotatable bonds is 4. The first kappa shape index (κ1) is 9.01. The Kier molecular flexibility index (Phi) is 3.34. The topological polar surface area (TPSA) is 21.3 Å². The Morgan fingerprint density at radius 2 is 2.36 bits per heavy atom. The van der Waals surface area contributed by atoms with E-state index in [1.807, 2.05) is 7.11 Å². The highest BCUT2D eigenvalue weighted by atomic mass is 16.5. The zero-order valence-electron chi connectivity index (χ0n) is 7.65. The zero-order chi connectivity index (χ0) is 8.16. The molecule has 2 nitrogen and oxygen atoms in total. The van der Waals surface area contributed by atoms with E-state index in [1.165, 1.54) is 25.7 Å². The van der Waals surface area contributed by atoms with Crippen LogP contribution in [-0.4, -0.2) is 25.8 Å². The number of unbranched alkanes of at least 4 members (excludes halogenated alkanes) is 1. The number of hydrogen-bond donors (Lipinski definition) is 1. The lowest BCUT2D eigenvalue weighted by Crippen LogP contribution is -2.33. The van der Waals surface area contributed by atoms with Crippen molar-refractivity contribution in [3.63, 3.8) is 0 Å². The lowest BCUT2D eigenvalue weighted by molar-refractivity contribution is -0.00143. The molecule has 0 spiro atoms. The summed E-state index contributed by atoms with van der Waals surface area (Å²) in [7, 11) is 1.84. The normalized spacial score (nSPS) is 31.1. The van der Waals surface area contributed by atoms with Gasteiger partial charge in [-0.05, 0) is 19.4 Å². The minimum absolute atomic E-state index is 0.177. The third-order valence-electron chi connectivity index (χ3n) is 2.62. The van der Waals surface area contributed by atoms with Crippen molar-refractivity contribution in [2.24, 2.45) is 0 Å². The number of nitrogens with one attached hydrogen (secondary N) is 1. The van der Waals surface area contributed by atoms with Gasteiger partial charge in [-0.15, -0.1) is 0 Å². The SMILES string of the molecule is CCCCC1(OC)CCNC1. The van der Waals surface area contributed by atoms with Gasteiger partial charge in [0.15, 0.2) is 0 Å². The van der Waals surface area contributed by atoms with E-state index in [0.717, 1.165) is 13.1 Å². The lowest BCUT2D eigenvalue weighted by Gasteiger charge is -2.26. The van der Waals surface area contributed by atoms with Crippen molar-refractivity contribution in [3.05, 3.63) is 0 Å². The van der Waals surface area contributed by atoms with Crippen LogP contribution in [0, 0.1) is 0 Å². The van der Waals surface area contributed by atoms with Gasteiger partial charge in [0.2, 0.25) is 0 Å². The first-order valence-corrected chi connectivity index (χ1v) is 4.59. The summed E-state index contributed by atoms with van der Waals surface area (Å²) < 4.78 is 5.54. The van der Waals surface area contributed by atoms with Crippen molar-refractivity contribution >= 4 is 0 Å². The number of ether oxygens (including phenoxy) is 1. The summed E-state index contributed by atoms with van der Waals surface area (Å²) >= 11 is 0. The molecule has 0 radical (unpaired) electrons. The van der Waals surface area contributed by atoms with Crippen LogP contribution >= 0.6 is 0 Å². The van der Waals surface area contributed by atoms with Gasteiger partial charge < -0.3 is 10.1 Å². The van der Waals surface area contributed by atoms with E-state index < -0.39 is 0 Å². The van der Waals surface area contributed by atoms with E-state index >= 15 is 0 Å². The van der Waals surface area contributed by atoms with Gasteiger partial charge in [-0.25, -0.2) is 0 Å². The molecule has 1 fully saturated rings. The lowest BCUT2D eigenvalue weighted by atomic mass is 9.96. The van der Waals surface area contributed by atoms with Crippen LogP contribution in [0.3, 0.4) is 0 Å². The maximum atomic E-state index is 5.54. The highest BCUT2D eigenvalue weighted by molar-refractivity contribution is 4.88. The van der Waals surface area contributed by atoms with Crippen LogP contribution in [0.1, 0.15) is 32.6 Å². The summed E-state index contributed by atoms with van der Waals surface area (Å²) in [4.78, 5) is 0. The Labute approximate surface area is 69.3 Å². The largest absolute Gasteiger partial charge is 0.377 e. The van der Waals surface area contributed by atoms with Crippen molar-refractivity contribution in [2.45, 2.75) is 38.2 Å². The molecular weight excluding hydrogens is 138 g/mol. The maximum absolute atomic E-state index is 5.54. The second-order valence-electron chi connectivity index (χ2n) is 3.42. The average molecular weight is 157 g/mol. The van der Waals surface area contributed by atoms with Gasteiger partial charge in [-0.1, -0.05) is 19.8 Å². The molecule has 1 heterocycles. The molecule has 2 heteroatoms. The molecule has 1 atom stereocenters. The fraction of sp³-hybridized carbons (Fsp3) is 1.00. The Bertz CT molecular complexity index is 108. The molecule has 0 aromatic heterocycles. The Balaban J connectivity index is 2.33. The summed E-state index contributed by atoms with van der Waals surface area (Å²) in [6, 6.07) is 0. The predicted molar refractivity (Wildman–Crippen MR) is 46.8 cm³/mol. The molecule has 0 saturated carbocycles. The quantitative estimate of drug-likeness (QED) is 0.668. The zero-order valence-corrected chi connectivity index (χ0v) is 7.65. The van der Waals surface area contributed by atoms with E-state index in [9.17, 15) is 0 Å². The van der Waals surface area contributed by atoms with E-state index in [-0.39, 0.29) is 5.60 Å².